The predicted molar refractivity (Wildman–Crippen MR) is 119 cm³/mol. The maximum absolute atomic E-state index is 12.6. The summed E-state index contributed by atoms with van der Waals surface area (Å²) in [5.41, 5.74) is 1.000. The number of nitrogens with one attached hydrogen (secondary N) is 1. The lowest BCUT2D eigenvalue weighted by molar-refractivity contribution is -0.131. The summed E-state index contributed by atoms with van der Waals surface area (Å²) in [6, 6.07) is 18.1. The second-order valence-corrected chi connectivity index (χ2v) is 7.47. The summed E-state index contributed by atoms with van der Waals surface area (Å²) < 4.78 is 6.40. The molecule has 3 rings (SSSR count). The molecule has 0 aliphatic carbocycles. The number of halogens is 1. The van der Waals surface area contributed by atoms with Gasteiger partial charge in [0.15, 0.2) is 0 Å². The van der Waals surface area contributed by atoms with Gasteiger partial charge in [0.2, 0.25) is 0 Å². The summed E-state index contributed by atoms with van der Waals surface area (Å²) in [5, 5.41) is 23.6. The lowest BCUT2D eigenvalue weighted by Gasteiger charge is -2.19. The average Bonchev–Trinajstić information content (AvgIpc) is 2.69. The Morgan fingerprint density at radius 3 is 2.66 bits per heavy atom. The number of hydrogen-bond donors (Lipinski definition) is 3. The number of carbonyl (C=O) groups excluding carboxylic acids is 1. The van der Waals surface area contributed by atoms with Crippen molar-refractivity contribution in [3.8, 4) is 5.75 Å². The lowest BCUT2D eigenvalue weighted by atomic mass is 10.0. The van der Waals surface area contributed by atoms with Gasteiger partial charge in [-0.15, -0.1) is 0 Å². The van der Waals surface area contributed by atoms with Gasteiger partial charge in [-0.3, -0.25) is 5.32 Å². The van der Waals surface area contributed by atoms with Crippen LogP contribution in [0.2, 0.25) is 0 Å². The number of fused-ring (bicyclic) bond motifs is 1. The van der Waals surface area contributed by atoms with Crippen molar-refractivity contribution in [2.24, 2.45) is 0 Å². The number of carbonyl (C=O) groups is 2. The summed E-state index contributed by atoms with van der Waals surface area (Å²) in [4.78, 5) is 23.3. The number of aliphatic carboxylic acids is 1. The average molecular weight is 503 g/mol. The zero-order valence-corrected chi connectivity index (χ0v) is 17.4. The number of rotatable bonds is 6. The van der Waals surface area contributed by atoms with Crippen molar-refractivity contribution >= 4 is 51.1 Å². The van der Waals surface area contributed by atoms with Gasteiger partial charge in [-0.1, -0.05) is 42.5 Å². The summed E-state index contributed by atoms with van der Waals surface area (Å²) in [7, 11) is 0. The normalized spacial score (nSPS) is 12.0. The molecule has 3 N–H and O–H groups in total. The number of anilines is 1. The first-order chi connectivity index (χ1) is 13.9. The molecule has 0 radical (unpaired) electrons. The number of hydrogen-bond acceptors (Lipinski definition) is 4. The molecule has 0 aliphatic heterocycles. The second-order valence-electron chi connectivity index (χ2n) is 6.23. The number of carboxylic acids is 1. The van der Waals surface area contributed by atoms with Gasteiger partial charge in [0.1, 0.15) is 11.9 Å². The SMILES string of the molecule is O=C(O)/C=C/C[C@H](OC(=O)Nc1cccc2ccccc12)c1cc(I)ccc1O. The van der Waals surface area contributed by atoms with E-state index in [1.54, 1.807) is 18.2 Å². The molecule has 0 saturated carbocycles. The number of benzene rings is 3. The fraction of sp³-hybridized carbons (Fsp3) is 0.0909. The van der Waals surface area contributed by atoms with Crippen LogP contribution in [0, 0.1) is 3.57 Å². The standard InChI is InChI=1S/C22H18INO5/c23-15-11-12-19(25)17(13-15)20(9-4-10-21(26)27)29-22(28)24-18-8-3-6-14-5-1-2-7-16(14)18/h1-8,10-13,20,25H,9H2,(H,24,28)(H,26,27)/b10-4+/t20-/m0/s1. The van der Waals surface area contributed by atoms with E-state index in [4.69, 9.17) is 9.84 Å². The molecule has 148 valence electrons. The predicted octanol–water partition coefficient (Wildman–Crippen LogP) is 5.47. The molecule has 1 amide bonds. The second kappa shape index (κ2) is 9.42. The van der Waals surface area contributed by atoms with Gasteiger partial charge in [0.05, 0.1) is 5.69 Å². The first kappa shape index (κ1) is 20.7. The minimum atomic E-state index is -1.10. The summed E-state index contributed by atoms with van der Waals surface area (Å²) in [6.07, 6.45) is 0.910. The number of phenols is 1. The van der Waals surface area contributed by atoms with E-state index < -0.39 is 18.2 Å². The third kappa shape index (κ3) is 5.47. The van der Waals surface area contributed by atoms with Gasteiger partial charge in [0, 0.05) is 27.0 Å². The molecule has 0 saturated heterocycles. The third-order valence-electron chi connectivity index (χ3n) is 4.22. The van der Waals surface area contributed by atoms with Gasteiger partial charge in [-0.25, -0.2) is 9.59 Å². The molecule has 0 fully saturated rings. The van der Waals surface area contributed by atoms with Crippen molar-refractivity contribution in [2.45, 2.75) is 12.5 Å². The zero-order chi connectivity index (χ0) is 20.8. The van der Waals surface area contributed by atoms with E-state index in [0.717, 1.165) is 20.4 Å². The molecule has 0 heterocycles. The smallest absolute Gasteiger partial charge is 0.412 e. The van der Waals surface area contributed by atoms with E-state index in [1.165, 1.54) is 12.1 Å². The minimum absolute atomic E-state index is 0.0305. The Hall–Kier alpha value is -3.07. The Morgan fingerprint density at radius 1 is 1.10 bits per heavy atom. The van der Waals surface area contributed by atoms with Crippen molar-refractivity contribution < 1.29 is 24.5 Å². The van der Waals surface area contributed by atoms with E-state index >= 15 is 0 Å². The molecule has 29 heavy (non-hydrogen) atoms. The monoisotopic (exact) mass is 503 g/mol. The van der Waals surface area contributed by atoms with Gasteiger partial charge >= 0.3 is 12.1 Å². The Balaban J connectivity index is 1.83. The third-order valence-corrected chi connectivity index (χ3v) is 4.89. The maximum atomic E-state index is 12.6. The highest BCUT2D eigenvalue weighted by atomic mass is 127. The molecule has 0 spiro atoms. The Bertz CT molecular complexity index is 1070. The van der Waals surface area contributed by atoms with E-state index in [1.807, 2.05) is 36.4 Å². The molecule has 0 bridgehead atoms. The van der Waals surface area contributed by atoms with Crippen molar-refractivity contribution in [1.82, 2.24) is 0 Å². The summed E-state index contributed by atoms with van der Waals surface area (Å²) in [5.74, 6) is -1.13. The van der Waals surface area contributed by atoms with Crippen molar-refractivity contribution in [2.75, 3.05) is 5.32 Å². The van der Waals surface area contributed by atoms with Gasteiger partial charge < -0.3 is 14.9 Å². The molecular weight excluding hydrogens is 485 g/mol. The molecule has 0 unspecified atom stereocenters. The van der Waals surface area contributed by atoms with Crippen LogP contribution in [0.5, 0.6) is 5.75 Å². The number of amides is 1. The van der Waals surface area contributed by atoms with Crippen LogP contribution in [0.1, 0.15) is 18.1 Å². The summed E-state index contributed by atoms with van der Waals surface area (Å²) >= 11 is 2.09. The van der Waals surface area contributed by atoms with E-state index in [2.05, 4.69) is 27.9 Å². The highest BCUT2D eigenvalue weighted by Gasteiger charge is 2.20. The van der Waals surface area contributed by atoms with Gasteiger partial charge in [-0.05, 0) is 52.2 Å². The van der Waals surface area contributed by atoms with E-state index in [9.17, 15) is 14.7 Å². The Labute approximate surface area is 181 Å². The molecule has 7 heteroatoms. The number of carboxylic acid groups (broad SMARTS) is 1. The largest absolute Gasteiger partial charge is 0.508 e. The van der Waals surface area contributed by atoms with Crippen molar-refractivity contribution in [3.05, 3.63) is 81.9 Å². The van der Waals surface area contributed by atoms with Crippen molar-refractivity contribution in [3.63, 3.8) is 0 Å². The van der Waals surface area contributed by atoms with Crippen LogP contribution in [-0.2, 0) is 9.53 Å². The Kier molecular flexibility index (Phi) is 6.71. The van der Waals surface area contributed by atoms with Crippen molar-refractivity contribution in [1.29, 1.82) is 0 Å². The highest BCUT2D eigenvalue weighted by Crippen LogP contribution is 2.32. The topological polar surface area (TPSA) is 95.9 Å². The first-order valence-corrected chi connectivity index (χ1v) is 9.85. The van der Waals surface area contributed by atoms with Gasteiger partial charge in [-0.2, -0.15) is 0 Å². The number of phenolic OH excluding ortho intramolecular Hbond substituents is 1. The fourth-order valence-electron chi connectivity index (χ4n) is 2.92. The number of aromatic hydroxyl groups is 1. The minimum Gasteiger partial charge on any atom is -0.508 e. The molecular formula is C22H18INO5. The van der Waals surface area contributed by atoms with E-state index in [-0.39, 0.29) is 12.2 Å². The fourth-order valence-corrected chi connectivity index (χ4v) is 3.43. The van der Waals surface area contributed by atoms with Crippen LogP contribution in [0.4, 0.5) is 10.5 Å². The quantitative estimate of drug-likeness (QED) is 0.306. The van der Waals surface area contributed by atoms with Crippen LogP contribution < -0.4 is 5.32 Å². The lowest BCUT2D eigenvalue weighted by Crippen LogP contribution is -2.18. The molecule has 1 atom stereocenters. The van der Waals surface area contributed by atoms with Crippen LogP contribution in [0.25, 0.3) is 10.8 Å². The van der Waals surface area contributed by atoms with Crippen LogP contribution in [-0.4, -0.2) is 22.3 Å². The number of ether oxygens (including phenoxy) is 1. The Morgan fingerprint density at radius 2 is 1.86 bits per heavy atom. The van der Waals surface area contributed by atoms with Crippen LogP contribution in [0.15, 0.2) is 72.8 Å². The van der Waals surface area contributed by atoms with Gasteiger partial charge in [0.25, 0.3) is 0 Å². The molecule has 3 aromatic carbocycles. The zero-order valence-electron chi connectivity index (χ0n) is 15.2. The maximum Gasteiger partial charge on any atom is 0.412 e. The highest BCUT2D eigenvalue weighted by molar-refractivity contribution is 14.1. The molecule has 0 aromatic heterocycles. The molecule has 0 aliphatic rings. The molecule has 3 aromatic rings. The summed E-state index contributed by atoms with van der Waals surface area (Å²) in [6.45, 7) is 0. The van der Waals surface area contributed by atoms with E-state index in [0.29, 0.717) is 11.3 Å². The van der Waals surface area contributed by atoms with Crippen LogP contribution >= 0.6 is 22.6 Å². The van der Waals surface area contributed by atoms with Crippen LogP contribution in [0.3, 0.4) is 0 Å². The first-order valence-electron chi connectivity index (χ1n) is 8.77. The molecule has 6 nitrogen and oxygen atoms in total.